The lowest BCUT2D eigenvalue weighted by atomic mass is 10.1. The van der Waals surface area contributed by atoms with Gasteiger partial charge in [0.1, 0.15) is 6.17 Å². The molecular weight excluding hydrogens is 224 g/mol. The average molecular weight is 246 g/mol. The van der Waals surface area contributed by atoms with Crippen molar-refractivity contribution in [2.45, 2.75) is 40.3 Å². The Kier molecular flexibility index (Phi) is 7.92. The minimum Gasteiger partial charge on any atom is -0.450 e. The molecule has 0 radical (unpaired) electrons. The third-order valence-corrected chi connectivity index (χ3v) is 1.84. The lowest BCUT2D eigenvalue weighted by Crippen LogP contribution is -2.49. The molecule has 17 heavy (non-hydrogen) atoms. The second-order valence-electron chi connectivity index (χ2n) is 3.91. The fraction of sp³-hybridized carbons (Fsp3) is 0.818. The predicted octanol–water partition coefficient (Wildman–Crippen LogP) is 1.85. The normalized spacial score (nSPS) is 10.2. The van der Waals surface area contributed by atoms with Gasteiger partial charge in [-0.2, -0.15) is 0 Å². The molecule has 0 aliphatic heterocycles. The third kappa shape index (κ3) is 8.36. The first-order valence-corrected chi connectivity index (χ1v) is 5.86. The molecule has 6 nitrogen and oxygen atoms in total. The highest BCUT2D eigenvalue weighted by atomic mass is 16.6. The Balaban J connectivity index is 4.22. The van der Waals surface area contributed by atoms with E-state index < -0.39 is 18.4 Å². The van der Waals surface area contributed by atoms with Crippen LogP contribution in [0.3, 0.4) is 0 Å². The number of alkyl carbamates (subject to hydrolysis) is 2. The number of carbonyl (C=O) groups is 2. The van der Waals surface area contributed by atoms with Gasteiger partial charge in [-0.15, -0.1) is 0 Å². The largest absolute Gasteiger partial charge is 0.450 e. The number of rotatable bonds is 6. The second-order valence-corrected chi connectivity index (χ2v) is 3.91. The van der Waals surface area contributed by atoms with Crippen molar-refractivity contribution in [2.24, 2.45) is 5.92 Å². The van der Waals surface area contributed by atoms with Gasteiger partial charge < -0.3 is 20.1 Å². The summed E-state index contributed by atoms with van der Waals surface area (Å²) in [5.74, 6) is 0.323. The van der Waals surface area contributed by atoms with Gasteiger partial charge in [-0.1, -0.05) is 13.8 Å². The van der Waals surface area contributed by atoms with Crippen molar-refractivity contribution in [1.82, 2.24) is 10.6 Å². The number of ether oxygens (including phenoxy) is 2. The summed E-state index contributed by atoms with van der Waals surface area (Å²) in [5.41, 5.74) is 0. The van der Waals surface area contributed by atoms with Gasteiger partial charge >= 0.3 is 12.2 Å². The van der Waals surface area contributed by atoms with Crippen LogP contribution in [0.1, 0.15) is 34.1 Å². The minimum atomic E-state index is -0.546. The summed E-state index contributed by atoms with van der Waals surface area (Å²) in [5, 5.41) is 5.13. The lowest BCUT2D eigenvalue weighted by Gasteiger charge is -2.21. The molecule has 0 unspecified atom stereocenters. The van der Waals surface area contributed by atoms with E-state index in [0.29, 0.717) is 25.6 Å². The fourth-order valence-corrected chi connectivity index (χ4v) is 1.26. The maximum absolute atomic E-state index is 11.2. The van der Waals surface area contributed by atoms with Crippen molar-refractivity contribution in [2.75, 3.05) is 13.2 Å². The van der Waals surface area contributed by atoms with Gasteiger partial charge in [-0.3, -0.25) is 0 Å². The smallest absolute Gasteiger partial charge is 0.408 e. The minimum absolute atomic E-state index is 0.291. The Morgan fingerprint density at radius 1 is 1.00 bits per heavy atom. The molecule has 0 rings (SSSR count). The van der Waals surface area contributed by atoms with Gasteiger partial charge in [-0.25, -0.2) is 9.59 Å². The van der Waals surface area contributed by atoms with Crippen LogP contribution < -0.4 is 10.6 Å². The van der Waals surface area contributed by atoms with Crippen LogP contribution in [0.5, 0.6) is 0 Å². The standard InChI is InChI=1S/C11H22N2O4/c1-5-16-10(14)12-9(7-8(3)4)13-11(15)17-6-2/h8-9H,5-7H2,1-4H3,(H,12,14)(H,13,15). The number of nitrogens with one attached hydrogen (secondary N) is 2. The summed E-state index contributed by atoms with van der Waals surface area (Å²) < 4.78 is 9.51. The van der Waals surface area contributed by atoms with Gasteiger partial charge in [0.05, 0.1) is 13.2 Å². The highest BCUT2D eigenvalue weighted by Crippen LogP contribution is 2.03. The summed E-state index contributed by atoms with van der Waals surface area (Å²) in [7, 11) is 0. The van der Waals surface area contributed by atoms with E-state index in [1.165, 1.54) is 0 Å². The van der Waals surface area contributed by atoms with E-state index in [2.05, 4.69) is 10.6 Å². The van der Waals surface area contributed by atoms with E-state index in [1.807, 2.05) is 13.8 Å². The van der Waals surface area contributed by atoms with Crippen molar-refractivity contribution in [3.05, 3.63) is 0 Å². The summed E-state index contributed by atoms with van der Waals surface area (Å²) in [6.45, 7) is 8.00. The number of carbonyl (C=O) groups excluding carboxylic acids is 2. The molecule has 0 spiro atoms. The van der Waals surface area contributed by atoms with Crippen LogP contribution >= 0.6 is 0 Å². The first-order valence-electron chi connectivity index (χ1n) is 5.86. The van der Waals surface area contributed by atoms with Gasteiger partial charge in [0.15, 0.2) is 0 Å². The van der Waals surface area contributed by atoms with Crippen molar-refractivity contribution in [3.63, 3.8) is 0 Å². The molecule has 0 saturated carbocycles. The molecule has 0 heterocycles. The van der Waals surface area contributed by atoms with Crippen LogP contribution in [-0.4, -0.2) is 31.6 Å². The van der Waals surface area contributed by atoms with E-state index in [9.17, 15) is 9.59 Å². The SMILES string of the molecule is CCOC(=O)NC(CC(C)C)NC(=O)OCC. The first kappa shape index (κ1) is 15.5. The van der Waals surface area contributed by atoms with Crippen molar-refractivity contribution in [1.29, 1.82) is 0 Å². The number of hydrogen-bond acceptors (Lipinski definition) is 4. The Bertz CT molecular complexity index is 224. The van der Waals surface area contributed by atoms with Crippen LogP contribution in [0.4, 0.5) is 9.59 Å². The topological polar surface area (TPSA) is 76.7 Å². The van der Waals surface area contributed by atoms with Gasteiger partial charge in [-0.05, 0) is 26.2 Å². The molecule has 0 aromatic carbocycles. The molecule has 0 atom stereocenters. The van der Waals surface area contributed by atoms with Crippen molar-refractivity contribution < 1.29 is 19.1 Å². The second kappa shape index (κ2) is 8.66. The molecular formula is C11H22N2O4. The van der Waals surface area contributed by atoms with E-state index in [1.54, 1.807) is 13.8 Å². The van der Waals surface area contributed by atoms with Crippen LogP contribution in [0, 0.1) is 5.92 Å². The first-order chi connectivity index (χ1) is 7.99. The van der Waals surface area contributed by atoms with Crippen LogP contribution in [0.2, 0.25) is 0 Å². The highest BCUT2D eigenvalue weighted by molar-refractivity contribution is 5.70. The summed E-state index contributed by atoms with van der Waals surface area (Å²) in [6.07, 6.45) is -0.963. The molecule has 0 aromatic rings. The van der Waals surface area contributed by atoms with E-state index in [0.717, 1.165) is 0 Å². The summed E-state index contributed by atoms with van der Waals surface area (Å²) in [6, 6.07) is 0. The van der Waals surface area contributed by atoms with Crippen LogP contribution in [0.15, 0.2) is 0 Å². The monoisotopic (exact) mass is 246 g/mol. The zero-order valence-electron chi connectivity index (χ0n) is 10.9. The lowest BCUT2D eigenvalue weighted by molar-refractivity contribution is 0.132. The van der Waals surface area contributed by atoms with Crippen molar-refractivity contribution in [3.8, 4) is 0 Å². The molecule has 0 aliphatic rings. The van der Waals surface area contributed by atoms with E-state index in [-0.39, 0.29) is 0 Å². The molecule has 0 bridgehead atoms. The Labute approximate surface area is 102 Å². The molecule has 0 aromatic heterocycles. The Morgan fingerprint density at radius 3 is 1.71 bits per heavy atom. The fourth-order valence-electron chi connectivity index (χ4n) is 1.26. The maximum atomic E-state index is 11.2. The van der Waals surface area contributed by atoms with Gasteiger partial charge in [0, 0.05) is 0 Å². The molecule has 6 heteroatoms. The summed E-state index contributed by atoms with van der Waals surface area (Å²) in [4.78, 5) is 22.5. The maximum Gasteiger partial charge on any atom is 0.408 e. The molecule has 0 aliphatic carbocycles. The Morgan fingerprint density at radius 2 is 1.41 bits per heavy atom. The average Bonchev–Trinajstić information content (AvgIpc) is 2.16. The molecule has 0 fully saturated rings. The molecule has 2 amide bonds. The Hall–Kier alpha value is -1.46. The number of hydrogen-bond donors (Lipinski definition) is 2. The zero-order chi connectivity index (χ0) is 13.3. The predicted molar refractivity (Wildman–Crippen MR) is 63.6 cm³/mol. The van der Waals surface area contributed by atoms with Gasteiger partial charge in [0.2, 0.25) is 0 Å². The molecule has 100 valence electrons. The van der Waals surface area contributed by atoms with E-state index in [4.69, 9.17) is 9.47 Å². The number of amides is 2. The molecule has 0 saturated heterocycles. The zero-order valence-corrected chi connectivity index (χ0v) is 10.9. The quantitative estimate of drug-likeness (QED) is 0.701. The van der Waals surface area contributed by atoms with Crippen molar-refractivity contribution >= 4 is 12.2 Å². The third-order valence-electron chi connectivity index (χ3n) is 1.84. The van der Waals surface area contributed by atoms with Crippen LogP contribution in [-0.2, 0) is 9.47 Å². The van der Waals surface area contributed by atoms with Crippen LogP contribution in [0.25, 0.3) is 0 Å². The van der Waals surface area contributed by atoms with Gasteiger partial charge in [0.25, 0.3) is 0 Å². The highest BCUT2D eigenvalue weighted by Gasteiger charge is 2.17. The summed E-state index contributed by atoms with van der Waals surface area (Å²) >= 11 is 0. The molecule has 2 N–H and O–H groups in total. The van der Waals surface area contributed by atoms with E-state index >= 15 is 0 Å².